The normalized spacial score (nSPS) is 12.8. The molecule has 0 bridgehead atoms. The van der Waals surface area contributed by atoms with E-state index in [4.69, 9.17) is 26.5 Å². The molecule has 0 saturated carbocycles. The van der Waals surface area contributed by atoms with E-state index in [1.165, 1.54) is 30.7 Å². The van der Waals surface area contributed by atoms with Crippen LogP contribution in [0.5, 0.6) is 5.75 Å². The lowest BCUT2D eigenvalue weighted by molar-refractivity contribution is -0.274. The Balaban J connectivity index is 1.49. The summed E-state index contributed by atoms with van der Waals surface area (Å²) < 4.78 is 55.8. The zero-order valence-corrected chi connectivity index (χ0v) is 26.2. The number of carbonyl (C=O) groups excluding carboxylic acids is 2. The van der Waals surface area contributed by atoms with Gasteiger partial charge in [-0.05, 0) is 37.1 Å². The summed E-state index contributed by atoms with van der Waals surface area (Å²) in [5.41, 5.74) is 6.25. The van der Waals surface area contributed by atoms with E-state index < -0.39 is 48.0 Å². The molecule has 0 saturated heterocycles. The van der Waals surface area contributed by atoms with Gasteiger partial charge in [-0.1, -0.05) is 41.9 Å². The Morgan fingerprint density at radius 1 is 1.17 bits per heavy atom. The number of rotatable bonds is 9. The van der Waals surface area contributed by atoms with E-state index in [9.17, 15) is 32.3 Å². The summed E-state index contributed by atoms with van der Waals surface area (Å²) >= 11 is 7.05. The maximum absolute atomic E-state index is 13.3. The largest absolute Gasteiger partial charge is 0.573 e. The Morgan fingerprint density at radius 2 is 1.89 bits per heavy atom. The van der Waals surface area contributed by atoms with E-state index in [1.54, 1.807) is 29.6 Å². The molecule has 0 spiro atoms. The third-order valence-corrected chi connectivity index (χ3v) is 8.14. The van der Waals surface area contributed by atoms with Gasteiger partial charge in [0, 0.05) is 23.6 Å². The molecule has 2 aromatic carbocycles. The molecule has 0 aliphatic carbocycles. The summed E-state index contributed by atoms with van der Waals surface area (Å²) in [4.78, 5) is 57.0. The number of thiazole rings is 1. The molecule has 1 unspecified atom stereocenters. The molecule has 3 aromatic heterocycles. The maximum Gasteiger partial charge on any atom is 0.573 e. The smallest absolute Gasteiger partial charge is 0.444 e. The molecule has 12 nitrogen and oxygen atoms in total. The van der Waals surface area contributed by atoms with E-state index in [0.717, 1.165) is 27.5 Å². The molecule has 1 amide bonds. The van der Waals surface area contributed by atoms with E-state index in [-0.39, 0.29) is 45.1 Å². The first kappa shape index (κ1) is 33.4. The van der Waals surface area contributed by atoms with Gasteiger partial charge < -0.3 is 19.6 Å². The third-order valence-electron chi connectivity index (χ3n) is 6.98. The van der Waals surface area contributed by atoms with Crippen molar-refractivity contribution in [3.05, 3.63) is 101 Å². The highest BCUT2D eigenvalue weighted by Gasteiger charge is 2.32. The second-order valence-electron chi connectivity index (χ2n) is 10.2. The SMILES string of the molecule is Cc1oc2c(c1CC(=O)N=c1scc(-c3ccc(OC(F)(F)F)c(Cl)c3)n1COC(=O)C(N)Cc1ccccc1)c(=O)[nH]c(=O)n2C. The fourth-order valence-electron chi connectivity index (χ4n) is 4.71. The Hall–Kier alpha value is -4.93. The number of aryl methyl sites for hydroxylation is 2. The number of benzene rings is 2. The van der Waals surface area contributed by atoms with Crippen LogP contribution in [0.4, 0.5) is 13.2 Å². The van der Waals surface area contributed by atoms with Crippen LogP contribution in [-0.4, -0.2) is 38.4 Å². The van der Waals surface area contributed by atoms with Gasteiger partial charge in [0.25, 0.3) is 11.5 Å². The van der Waals surface area contributed by atoms with Crippen LogP contribution in [0.2, 0.25) is 5.02 Å². The Bertz CT molecular complexity index is 2170. The second kappa shape index (κ2) is 13.4. The van der Waals surface area contributed by atoms with Crippen molar-refractivity contribution in [3.63, 3.8) is 0 Å². The third kappa shape index (κ3) is 7.56. The summed E-state index contributed by atoms with van der Waals surface area (Å²) in [6.07, 6.45) is -5.16. The number of alkyl halides is 3. The molecular weight excluding hydrogens is 667 g/mol. The summed E-state index contributed by atoms with van der Waals surface area (Å²) in [5.74, 6) is -1.87. The minimum Gasteiger partial charge on any atom is -0.444 e. The molecule has 1 atom stereocenters. The zero-order chi connectivity index (χ0) is 34.0. The highest BCUT2D eigenvalue weighted by molar-refractivity contribution is 7.07. The molecule has 0 radical (unpaired) electrons. The van der Waals surface area contributed by atoms with E-state index in [2.05, 4.69) is 14.7 Å². The van der Waals surface area contributed by atoms with Crippen LogP contribution in [0.1, 0.15) is 16.9 Å². The number of aromatic nitrogens is 3. The molecule has 5 aromatic rings. The predicted molar refractivity (Wildman–Crippen MR) is 165 cm³/mol. The minimum absolute atomic E-state index is 0.0129. The van der Waals surface area contributed by atoms with Gasteiger partial charge in [-0.2, -0.15) is 4.99 Å². The average Bonchev–Trinajstić information content (AvgIpc) is 3.55. The van der Waals surface area contributed by atoms with Crippen LogP contribution in [0, 0.1) is 6.92 Å². The van der Waals surface area contributed by atoms with Crippen molar-refractivity contribution in [1.82, 2.24) is 14.1 Å². The summed E-state index contributed by atoms with van der Waals surface area (Å²) in [5, 5.41) is 1.21. The number of amides is 1. The number of hydrogen-bond donors (Lipinski definition) is 2. The monoisotopic (exact) mass is 691 g/mol. The first-order chi connectivity index (χ1) is 22.2. The summed E-state index contributed by atoms with van der Waals surface area (Å²) in [6.45, 7) is 1.06. The van der Waals surface area contributed by atoms with Gasteiger partial charge in [0.2, 0.25) is 5.71 Å². The zero-order valence-electron chi connectivity index (χ0n) is 24.6. The molecule has 0 fully saturated rings. The maximum atomic E-state index is 13.3. The van der Waals surface area contributed by atoms with Crippen molar-refractivity contribution in [2.24, 2.45) is 17.8 Å². The van der Waals surface area contributed by atoms with Gasteiger partial charge in [-0.25, -0.2) is 4.79 Å². The second-order valence-corrected chi connectivity index (χ2v) is 11.5. The molecule has 5 rings (SSSR count). The Kier molecular flexibility index (Phi) is 9.55. The van der Waals surface area contributed by atoms with Crippen molar-refractivity contribution >= 4 is 45.9 Å². The Morgan fingerprint density at radius 3 is 2.57 bits per heavy atom. The fraction of sp³-hybridized carbons (Fsp3) is 0.233. The van der Waals surface area contributed by atoms with E-state index >= 15 is 0 Å². The van der Waals surface area contributed by atoms with E-state index in [0.29, 0.717) is 11.3 Å². The number of nitrogens with two attached hydrogens (primary N) is 1. The number of nitrogens with zero attached hydrogens (tertiary/aromatic N) is 3. The van der Waals surface area contributed by atoms with Crippen LogP contribution in [0.15, 0.2) is 72.9 Å². The molecule has 0 aliphatic rings. The Labute approximate surface area is 271 Å². The summed E-state index contributed by atoms with van der Waals surface area (Å²) in [6, 6.07) is 11.5. The number of esters is 1. The van der Waals surface area contributed by atoms with Crippen LogP contribution >= 0.6 is 22.9 Å². The molecule has 3 heterocycles. The number of carbonyl (C=O) groups is 2. The van der Waals surface area contributed by atoms with Crippen LogP contribution in [0.25, 0.3) is 22.4 Å². The number of halogens is 4. The number of furan rings is 1. The van der Waals surface area contributed by atoms with Gasteiger partial charge >= 0.3 is 18.0 Å². The molecular formula is C30H25ClF3N5O7S. The minimum atomic E-state index is -4.97. The van der Waals surface area contributed by atoms with Crippen molar-refractivity contribution in [1.29, 1.82) is 0 Å². The molecule has 0 aliphatic heterocycles. The topological polar surface area (TPSA) is 164 Å². The predicted octanol–water partition coefficient (Wildman–Crippen LogP) is 3.95. The van der Waals surface area contributed by atoms with Crippen molar-refractivity contribution in [2.45, 2.75) is 38.9 Å². The first-order valence-corrected chi connectivity index (χ1v) is 15.0. The van der Waals surface area contributed by atoms with Gasteiger partial charge in [-0.3, -0.25) is 28.5 Å². The quantitative estimate of drug-likeness (QED) is 0.220. The molecule has 3 N–H and O–H groups in total. The highest BCUT2D eigenvalue weighted by atomic mass is 35.5. The molecule has 47 heavy (non-hydrogen) atoms. The lowest BCUT2D eigenvalue weighted by Crippen LogP contribution is -2.35. The number of ether oxygens (including phenoxy) is 2. The fourth-order valence-corrected chi connectivity index (χ4v) is 5.84. The summed E-state index contributed by atoms with van der Waals surface area (Å²) in [7, 11) is 1.40. The lowest BCUT2D eigenvalue weighted by atomic mass is 10.1. The van der Waals surface area contributed by atoms with Gasteiger partial charge in [0.05, 0.1) is 17.1 Å². The van der Waals surface area contributed by atoms with Gasteiger partial charge in [0.1, 0.15) is 22.9 Å². The van der Waals surface area contributed by atoms with Crippen molar-refractivity contribution in [2.75, 3.05) is 0 Å². The highest BCUT2D eigenvalue weighted by Crippen LogP contribution is 2.34. The van der Waals surface area contributed by atoms with Crippen LogP contribution < -0.4 is 26.5 Å². The molecule has 246 valence electrons. The number of nitrogens with one attached hydrogen (secondary N) is 1. The number of aromatic amines is 1. The number of fused-ring (bicyclic) bond motifs is 1. The molecule has 17 heteroatoms. The van der Waals surface area contributed by atoms with Crippen LogP contribution in [0.3, 0.4) is 0 Å². The first-order valence-electron chi connectivity index (χ1n) is 13.7. The van der Waals surface area contributed by atoms with Crippen molar-refractivity contribution < 1.29 is 36.7 Å². The lowest BCUT2D eigenvalue weighted by Gasteiger charge is -2.15. The van der Waals surface area contributed by atoms with Gasteiger partial charge in [0.15, 0.2) is 11.5 Å². The van der Waals surface area contributed by atoms with Crippen molar-refractivity contribution in [3.8, 4) is 17.0 Å². The van der Waals surface area contributed by atoms with Gasteiger partial charge in [-0.15, -0.1) is 24.5 Å². The van der Waals surface area contributed by atoms with E-state index in [1.807, 2.05) is 6.07 Å². The average molecular weight is 692 g/mol. The standard InChI is InChI=1S/C30H25ClF3N5O7S/c1-15-18(24-25(41)37-28(43)38(2)26(24)45-15)12-23(40)36-29-39(14-44-27(42)20(35)10-16-6-4-3-5-7-16)21(13-47-29)17-8-9-22(19(31)11-17)46-30(32,33)34/h3-9,11,13,20H,10,12,14,35H2,1-2H3,(H,37,41,43). The number of H-pyrrole nitrogens is 1. The number of hydrogen-bond acceptors (Lipinski definition) is 9. The van der Waals surface area contributed by atoms with Crippen LogP contribution in [-0.2, 0) is 40.9 Å².